The highest BCUT2D eigenvalue weighted by molar-refractivity contribution is 4.71. The molecule has 0 N–H and O–H groups in total. The van der Waals surface area contributed by atoms with E-state index in [0.29, 0.717) is 19.3 Å². The highest BCUT2D eigenvalue weighted by Crippen LogP contribution is 2.22. The highest BCUT2D eigenvalue weighted by atomic mass is 19.1. The molecule has 4 heteroatoms. The van der Waals surface area contributed by atoms with E-state index in [1.165, 1.54) is 0 Å². The third-order valence-corrected chi connectivity index (χ3v) is 1.88. The number of rotatable bonds is 1. The van der Waals surface area contributed by atoms with Gasteiger partial charge in [-0.25, -0.2) is 4.39 Å². The SMILES string of the molecule is O=[N+]([O-])C1CCCC(F)C1. The first-order valence-electron chi connectivity index (χ1n) is 3.47. The minimum Gasteiger partial charge on any atom is -0.264 e. The quantitative estimate of drug-likeness (QED) is 0.417. The molecule has 2 unspecified atom stereocenters. The zero-order valence-corrected chi connectivity index (χ0v) is 5.62. The van der Waals surface area contributed by atoms with E-state index in [0.717, 1.165) is 0 Å². The number of alkyl halides is 1. The second-order valence-corrected chi connectivity index (χ2v) is 2.70. The number of nitrogens with zero attached hydrogens (tertiary/aromatic N) is 1. The first kappa shape index (κ1) is 7.44. The molecule has 0 saturated heterocycles. The highest BCUT2D eigenvalue weighted by Gasteiger charge is 2.28. The van der Waals surface area contributed by atoms with Crippen LogP contribution in [0.2, 0.25) is 0 Å². The van der Waals surface area contributed by atoms with Gasteiger partial charge in [0.05, 0.1) is 0 Å². The van der Waals surface area contributed by atoms with Crippen LogP contribution >= 0.6 is 0 Å². The van der Waals surface area contributed by atoms with E-state index in [2.05, 4.69) is 0 Å². The van der Waals surface area contributed by atoms with Gasteiger partial charge in [-0.15, -0.1) is 0 Å². The molecule has 58 valence electrons. The molecule has 3 nitrogen and oxygen atoms in total. The largest absolute Gasteiger partial charge is 0.264 e. The van der Waals surface area contributed by atoms with Crippen LogP contribution < -0.4 is 0 Å². The van der Waals surface area contributed by atoms with Gasteiger partial charge in [0.25, 0.3) is 0 Å². The molecular formula is C6H10FNO2. The second-order valence-electron chi connectivity index (χ2n) is 2.70. The van der Waals surface area contributed by atoms with Crippen LogP contribution in [0.25, 0.3) is 0 Å². The standard InChI is InChI=1S/C6H10FNO2/c7-5-2-1-3-6(4-5)8(9)10/h5-6H,1-4H2. The zero-order valence-electron chi connectivity index (χ0n) is 5.62. The Morgan fingerprint density at radius 3 is 2.60 bits per heavy atom. The summed E-state index contributed by atoms with van der Waals surface area (Å²) in [5.74, 6) is 0. The Bertz CT molecular complexity index is 140. The molecule has 2 atom stereocenters. The van der Waals surface area contributed by atoms with E-state index < -0.39 is 12.2 Å². The van der Waals surface area contributed by atoms with Gasteiger partial charge in [-0.1, -0.05) is 0 Å². The summed E-state index contributed by atoms with van der Waals surface area (Å²) in [6, 6.07) is -0.622. The molecule has 1 aliphatic rings. The van der Waals surface area contributed by atoms with Crippen LogP contribution in [0, 0.1) is 10.1 Å². The van der Waals surface area contributed by atoms with Gasteiger partial charge in [0.2, 0.25) is 6.04 Å². The lowest BCUT2D eigenvalue weighted by Gasteiger charge is -2.17. The predicted molar refractivity (Wildman–Crippen MR) is 34.1 cm³/mol. The van der Waals surface area contributed by atoms with Crippen molar-refractivity contribution in [1.29, 1.82) is 0 Å². The minimum atomic E-state index is -0.941. The Kier molecular flexibility index (Phi) is 2.19. The lowest BCUT2D eigenvalue weighted by Crippen LogP contribution is -2.27. The number of halogens is 1. The smallest absolute Gasteiger partial charge is 0.215 e. The van der Waals surface area contributed by atoms with E-state index >= 15 is 0 Å². The zero-order chi connectivity index (χ0) is 7.56. The van der Waals surface area contributed by atoms with Gasteiger partial charge in [-0.2, -0.15) is 0 Å². The van der Waals surface area contributed by atoms with Crippen molar-refractivity contribution in [3.8, 4) is 0 Å². The molecule has 0 spiro atoms. The van der Waals surface area contributed by atoms with E-state index in [-0.39, 0.29) is 11.3 Å². The lowest BCUT2D eigenvalue weighted by atomic mass is 9.94. The van der Waals surface area contributed by atoms with Crippen LogP contribution in [0.1, 0.15) is 25.7 Å². The van der Waals surface area contributed by atoms with Gasteiger partial charge < -0.3 is 0 Å². The fourth-order valence-electron chi connectivity index (χ4n) is 1.30. The fraction of sp³-hybridized carbons (Fsp3) is 1.00. The van der Waals surface area contributed by atoms with Gasteiger partial charge in [-0.05, 0) is 12.8 Å². The molecule has 0 radical (unpaired) electrons. The Balaban J connectivity index is 2.39. The summed E-state index contributed by atoms with van der Waals surface area (Å²) in [4.78, 5) is 9.77. The molecule has 10 heavy (non-hydrogen) atoms. The Hall–Kier alpha value is -0.670. The molecule has 1 aliphatic carbocycles. The number of hydrogen-bond acceptors (Lipinski definition) is 2. The van der Waals surface area contributed by atoms with Gasteiger partial charge in [0.1, 0.15) is 6.17 Å². The third kappa shape index (κ3) is 1.65. The van der Waals surface area contributed by atoms with E-state index in [1.807, 2.05) is 0 Å². The van der Waals surface area contributed by atoms with Gasteiger partial charge in [-0.3, -0.25) is 10.1 Å². The van der Waals surface area contributed by atoms with Crippen LogP contribution in [-0.4, -0.2) is 17.1 Å². The second kappa shape index (κ2) is 2.94. The van der Waals surface area contributed by atoms with Crippen LogP contribution in [0.5, 0.6) is 0 Å². The first-order valence-corrected chi connectivity index (χ1v) is 3.47. The monoisotopic (exact) mass is 147 g/mol. The summed E-state index contributed by atoms with van der Waals surface area (Å²) in [6.07, 6.45) is 0.890. The average molecular weight is 147 g/mol. The summed E-state index contributed by atoms with van der Waals surface area (Å²) in [5.41, 5.74) is 0. The molecule has 0 bridgehead atoms. The van der Waals surface area contributed by atoms with Crippen LogP contribution in [0.3, 0.4) is 0 Å². The predicted octanol–water partition coefficient (Wildman–Crippen LogP) is 1.54. The maximum absolute atomic E-state index is 12.5. The topological polar surface area (TPSA) is 43.1 Å². The van der Waals surface area contributed by atoms with Crippen molar-refractivity contribution in [3.05, 3.63) is 10.1 Å². The molecule has 1 fully saturated rings. The van der Waals surface area contributed by atoms with Gasteiger partial charge >= 0.3 is 0 Å². The molecule has 0 aromatic carbocycles. The Labute approximate surface area is 58.4 Å². The fourth-order valence-corrected chi connectivity index (χ4v) is 1.30. The van der Waals surface area contributed by atoms with Crippen molar-refractivity contribution in [2.24, 2.45) is 0 Å². The molecular weight excluding hydrogens is 137 g/mol. The minimum absolute atomic E-state index is 0.118. The van der Waals surface area contributed by atoms with Crippen LogP contribution in [-0.2, 0) is 0 Å². The van der Waals surface area contributed by atoms with Crippen molar-refractivity contribution in [3.63, 3.8) is 0 Å². The van der Waals surface area contributed by atoms with Crippen LogP contribution in [0.15, 0.2) is 0 Å². The molecule has 0 aromatic heterocycles. The van der Waals surface area contributed by atoms with Crippen molar-refractivity contribution in [2.45, 2.75) is 37.9 Å². The summed E-state index contributed by atoms with van der Waals surface area (Å²) in [7, 11) is 0. The van der Waals surface area contributed by atoms with Crippen LogP contribution in [0.4, 0.5) is 4.39 Å². The van der Waals surface area contributed by atoms with Crippen molar-refractivity contribution in [1.82, 2.24) is 0 Å². The first-order chi connectivity index (χ1) is 4.70. The molecule has 0 aliphatic heterocycles. The van der Waals surface area contributed by atoms with E-state index in [9.17, 15) is 14.5 Å². The van der Waals surface area contributed by atoms with Crippen molar-refractivity contribution in [2.75, 3.05) is 0 Å². The lowest BCUT2D eigenvalue weighted by molar-refractivity contribution is -0.527. The Morgan fingerprint density at radius 2 is 2.20 bits per heavy atom. The summed E-state index contributed by atoms with van der Waals surface area (Å²) in [6.45, 7) is 0. The molecule has 1 rings (SSSR count). The van der Waals surface area contributed by atoms with E-state index in [4.69, 9.17) is 0 Å². The molecule has 0 aromatic rings. The van der Waals surface area contributed by atoms with E-state index in [1.54, 1.807) is 0 Å². The normalized spacial score (nSPS) is 33.7. The summed E-state index contributed by atoms with van der Waals surface area (Å²) < 4.78 is 12.5. The maximum Gasteiger partial charge on any atom is 0.215 e. The maximum atomic E-state index is 12.5. The number of nitro groups is 1. The van der Waals surface area contributed by atoms with Crippen molar-refractivity contribution < 1.29 is 9.31 Å². The van der Waals surface area contributed by atoms with Gasteiger partial charge in [0, 0.05) is 17.8 Å². The third-order valence-electron chi connectivity index (χ3n) is 1.88. The summed E-state index contributed by atoms with van der Waals surface area (Å²) in [5, 5.41) is 10.1. The summed E-state index contributed by atoms with van der Waals surface area (Å²) >= 11 is 0. The molecule has 0 amide bonds. The Morgan fingerprint density at radius 1 is 1.50 bits per heavy atom. The molecule has 1 saturated carbocycles. The van der Waals surface area contributed by atoms with Gasteiger partial charge in [0.15, 0.2) is 0 Å². The number of hydrogen-bond donors (Lipinski definition) is 0. The average Bonchev–Trinajstić information content (AvgIpc) is 1.88. The van der Waals surface area contributed by atoms with Crippen molar-refractivity contribution >= 4 is 0 Å². The molecule has 0 heterocycles.